The maximum atomic E-state index is 11.5. The summed E-state index contributed by atoms with van der Waals surface area (Å²) in [5.74, 6) is 1.67. The van der Waals surface area contributed by atoms with Crippen LogP contribution in [-0.4, -0.2) is 24.8 Å². The van der Waals surface area contributed by atoms with Crippen LogP contribution in [-0.2, 0) is 4.74 Å². The number of nitrogens with zero attached hydrogens (tertiary/aromatic N) is 1. The summed E-state index contributed by atoms with van der Waals surface area (Å²) in [6, 6.07) is 11.4. The first-order valence-corrected chi connectivity index (χ1v) is 8.18. The van der Waals surface area contributed by atoms with E-state index in [1.54, 1.807) is 26.2 Å². The number of amides is 1. The number of carbonyl (C=O) groups excluding carboxylic acids is 1. The topological polar surface area (TPSA) is 98.5 Å². The molecule has 4 N–H and O–H groups in total. The number of hydrogen-bond acceptors (Lipinski definition) is 6. The van der Waals surface area contributed by atoms with Crippen molar-refractivity contribution in [2.45, 2.75) is 26.3 Å². The molecule has 0 spiro atoms. The molecule has 25 heavy (non-hydrogen) atoms. The second kappa shape index (κ2) is 8.77. The van der Waals surface area contributed by atoms with Gasteiger partial charge < -0.3 is 20.5 Å². The number of nitrogens with one attached hydrogen (secondary N) is 2. The van der Waals surface area contributed by atoms with Gasteiger partial charge in [0.25, 0.3) is 0 Å². The van der Waals surface area contributed by atoms with Crippen molar-refractivity contribution < 1.29 is 14.3 Å². The van der Waals surface area contributed by atoms with Crippen LogP contribution in [0.4, 0.5) is 22.1 Å². The summed E-state index contributed by atoms with van der Waals surface area (Å²) in [4.78, 5) is 15.8. The molecule has 2 rings (SSSR count). The molecule has 0 saturated carbocycles. The Morgan fingerprint density at radius 3 is 2.48 bits per heavy atom. The van der Waals surface area contributed by atoms with Crippen LogP contribution >= 0.6 is 0 Å². The number of carbonyl (C=O) groups is 1. The summed E-state index contributed by atoms with van der Waals surface area (Å²) in [7, 11) is 1.64. The second-order valence-electron chi connectivity index (χ2n) is 5.35. The molecule has 1 atom stereocenters. The molecule has 0 aliphatic heterocycles. The first kappa shape index (κ1) is 18.4. The molecule has 0 aliphatic carbocycles. The molecule has 0 bridgehead atoms. The average Bonchev–Trinajstić information content (AvgIpc) is 2.62. The van der Waals surface area contributed by atoms with Crippen molar-refractivity contribution in [3.8, 4) is 5.75 Å². The molecule has 1 aromatic heterocycles. The van der Waals surface area contributed by atoms with Crippen LogP contribution in [0, 0.1) is 0 Å². The van der Waals surface area contributed by atoms with Gasteiger partial charge in [-0.3, -0.25) is 5.32 Å². The van der Waals surface area contributed by atoms with Gasteiger partial charge in [-0.2, -0.15) is 0 Å². The smallest absolute Gasteiger partial charge is 0.411 e. The SMILES string of the molecule is CCOC(=O)Nc1ccc(NC(CC)c2ccc(OC)cc2)nc1N. The van der Waals surface area contributed by atoms with Crippen molar-refractivity contribution >= 4 is 23.4 Å². The number of rotatable bonds is 7. The first-order chi connectivity index (χ1) is 12.1. The fourth-order valence-corrected chi connectivity index (χ4v) is 2.37. The van der Waals surface area contributed by atoms with E-state index in [9.17, 15) is 4.79 Å². The lowest BCUT2D eigenvalue weighted by Crippen LogP contribution is -2.16. The number of aromatic nitrogens is 1. The molecule has 7 nitrogen and oxygen atoms in total. The zero-order chi connectivity index (χ0) is 18.2. The monoisotopic (exact) mass is 344 g/mol. The zero-order valence-corrected chi connectivity index (χ0v) is 14.7. The van der Waals surface area contributed by atoms with Crippen LogP contribution in [0.25, 0.3) is 0 Å². The molecule has 0 radical (unpaired) electrons. The third-order valence-electron chi connectivity index (χ3n) is 3.69. The van der Waals surface area contributed by atoms with Gasteiger partial charge in [0, 0.05) is 0 Å². The number of anilines is 3. The normalized spacial score (nSPS) is 11.5. The van der Waals surface area contributed by atoms with Crippen LogP contribution in [0.15, 0.2) is 36.4 Å². The molecule has 1 heterocycles. The number of hydrogen-bond donors (Lipinski definition) is 3. The van der Waals surface area contributed by atoms with Gasteiger partial charge in [-0.1, -0.05) is 19.1 Å². The van der Waals surface area contributed by atoms with Gasteiger partial charge in [0.15, 0.2) is 0 Å². The first-order valence-electron chi connectivity index (χ1n) is 8.18. The molecule has 0 fully saturated rings. The zero-order valence-electron chi connectivity index (χ0n) is 14.7. The largest absolute Gasteiger partial charge is 0.497 e. The van der Waals surface area contributed by atoms with Crippen molar-refractivity contribution in [1.82, 2.24) is 4.98 Å². The Hall–Kier alpha value is -2.96. The Kier molecular flexibility index (Phi) is 6.45. The predicted octanol–water partition coefficient (Wildman–Crippen LogP) is 3.80. The maximum absolute atomic E-state index is 11.5. The van der Waals surface area contributed by atoms with E-state index in [0.29, 0.717) is 18.1 Å². The van der Waals surface area contributed by atoms with E-state index in [0.717, 1.165) is 17.7 Å². The minimum absolute atomic E-state index is 0.0849. The molecule has 7 heteroatoms. The summed E-state index contributed by atoms with van der Waals surface area (Å²) >= 11 is 0. The highest BCUT2D eigenvalue weighted by Gasteiger charge is 2.12. The quantitative estimate of drug-likeness (QED) is 0.706. The lowest BCUT2D eigenvalue weighted by molar-refractivity contribution is 0.168. The second-order valence-corrected chi connectivity index (χ2v) is 5.35. The number of ether oxygens (including phenoxy) is 2. The van der Waals surface area contributed by atoms with E-state index in [2.05, 4.69) is 22.5 Å². The fraction of sp³-hybridized carbons (Fsp3) is 0.333. The number of nitrogens with two attached hydrogens (primary N) is 1. The molecule has 1 unspecified atom stereocenters. The highest BCUT2D eigenvalue weighted by Crippen LogP contribution is 2.26. The van der Waals surface area contributed by atoms with Crippen LogP contribution in [0.3, 0.4) is 0 Å². The van der Waals surface area contributed by atoms with Crippen molar-refractivity contribution in [3.05, 3.63) is 42.0 Å². The third kappa shape index (κ3) is 5.00. The van der Waals surface area contributed by atoms with E-state index < -0.39 is 6.09 Å². The predicted molar refractivity (Wildman–Crippen MR) is 98.9 cm³/mol. The van der Waals surface area contributed by atoms with E-state index in [1.807, 2.05) is 24.3 Å². The van der Waals surface area contributed by atoms with Gasteiger partial charge in [-0.05, 0) is 43.2 Å². The lowest BCUT2D eigenvalue weighted by atomic mass is 10.0. The van der Waals surface area contributed by atoms with Crippen molar-refractivity contribution in [2.75, 3.05) is 30.1 Å². The highest BCUT2D eigenvalue weighted by molar-refractivity contribution is 5.88. The van der Waals surface area contributed by atoms with Crippen LogP contribution < -0.4 is 21.1 Å². The van der Waals surface area contributed by atoms with E-state index in [1.165, 1.54) is 0 Å². The Morgan fingerprint density at radius 2 is 1.92 bits per heavy atom. The minimum Gasteiger partial charge on any atom is -0.497 e. The Labute approximate surface area is 147 Å². The van der Waals surface area contributed by atoms with Crippen LogP contribution in [0.2, 0.25) is 0 Å². The average molecular weight is 344 g/mol. The van der Waals surface area contributed by atoms with Gasteiger partial charge >= 0.3 is 6.09 Å². The molecular formula is C18H24N4O3. The number of nitrogen functional groups attached to an aromatic ring is 1. The van der Waals surface area contributed by atoms with E-state index in [-0.39, 0.29) is 11.9 Å². The van der Waals surface area contributed by atoms with Gasteiger partial charge in [0.2, 0.25) is 0 Å². The maximum Gasteiger partial charge on any atom is 0.411 e. The van der Waals surface area contributed by atoms with Crippen LogP contribution in [0.1, 0.15) is 31.9 Å². The highest BCUT2D eigenvalue weighted by atomic mass is 16.5. The molecule has 1 aromatic carbocycles. The van der Waals surface area contributed by atoms with E-state index >= 15 is 0 Å². The Morgan fingerprint density at radius 1 is 1.20 bits per heavy atom. The fourth-order valence-electron chi connectivity index (χ4n) is 2.37. The van der Waals surface area contributed by atoms with E-state index in [4.69, 9.17) is 15.2 Å². The summed E-state index contributed by atoms with van der Waals surface area (Å²) < 4.78 is 10.0. The summed E-state index contributed by atoms with van der Waals surface area (Å²) in [6.07, 6.45) is 0.317. The number of methoxy groups -OCH3 is 1. The summed E-state index contributed by atoms with van der Waals surface area (Å²) in [5, 5.41) is 5.91. The Bertz CT molecular complexity index is 704. The minimum atomic E-state index is -0.554. The van der Waals surface area contributed by atoms with Crippen molar-refractivity contribution in [2.24, 2.45) is 0 Å². The molecule has 2 aromatic rings. The summed E-state index contributed by atoms with van der Waals surface area (Å²) in [6.45, 7) is 4.11. The van der Waals surface area contributed by atoms with Crippen molar-refractivity contribution in [1.29, 1.82) is 0 Å². The summed E-state index contributed by atoms with van der Waals surface area (Å²) in [5.41, 5.74) is 7.46. The van der Waals surface area contributed by atoms with Crippen molar-refractivity contribution in [3.63, 3.8) is 0 Å². The third-order valence-corrected chi connectivity index (χ3v) is 3.69. The molecular weight excluding hydrogens is 320 g/mol. The number of pyridine rings is 1. The molecule has 0 saturated heterocycles. The number of benzene rings is 1. The molecule has 0 aliphatic rings. The van der Waals surface area contributed by atoms with Gasteiger partial charge in [0.05, 0.1) is 25.4 Å². The molecule has 1 amide bonds. The lowest BCUT2D eigenvalue weighted by Gasteiger charge is -2.19. The van der Waals surface area contributed by atoms with Crippen LogP contribution in [0.5, 0.6) is 5.75 Å². The standard InChI is InChI=1S/C18H24N4O3/c1-4-14(12-6-8-13(24-3)9-7-12)20-16-11-10-15(17(19)22-16)21-18(23)25-5-2/h6-11,14H,4-5H2,1-3H3,(H,21,23)(H3,19,20,22). The van der Waals surface area contributed by atoms with Gasteiger partial charge in [-0.15, -0.1) is 0 Å². The van der Waals surface area contributed by atoms with Gasteiger partial charge in [0.1, 0.15) is 17.4 Å². The van der Waals surface area contributed by atoms with Gasteiger partial charge in [-0.25, -0.2) is 9.78 Å². The Balaban J connectivity index is 2.09. The molecule has 134 valence electrons.